The van der Waals surface area contributed by atoms with Crippen LogP contribution in [0.3, 0.4) is 0 Å². The Labute approximate surface area is 146 Å². The number of hydrogen-bond donors (Lipinski definition) is 1. The number of rotatable bonds is 6. The first kappa shape index (κ1) is 19.4. The van der Waals surface area contributed by atoms with Crippen molar-refractivity contribution in [3.05, 3.63) is 0 Å². The molecule has 1 saturated heterocycles. The molecule has 25 heavy (non-hydrogen) atoms. The Bertz CT molecular complexity index is 685. The number of sulfone groups is 1. The predicted octanol–water partition coefficient (Wildman–Crippen LogP) is -0.533. The molecule has 2 amide bonds. The third kappa shape index (κ3) is 5.52. The van der Waals surface area contributed by atoms with E-state index in [-0.39, 0.29) is 47.9 Å². The summed E-state index contributed by atoms with van der Waals surface area (Å²) in [4.78, 5) is 36.9. The van der Waals surface area contributed by atoms with Crippen LogP contribution in [-0.2, 0) is 29.0 Å². The summed E-state index contributed by atoms with van der Waals surface area (Å²) in [6.45, 7) is 3.77. The van der Waals surface area contributed by atoms with Gasteiger partial charge in [-0.05, 0) is 12.3 Å². The van der Waals surface area contributed by atoms with E-state index in [4.69, 9.17) is 4.74 Å². The molecule has 2 aliphatic heterocycles. The minimum absolute atomic E-state index is 0.0574. The summed E-state index contributed by atoms with van der Waals surface area (Å²) in [6.07, 6.45) is 0.699. The van der Waals surface area contributed by atoms with Gasteiger partial charge in [0, 0.05) is 25.4 Å². The Balaban J connectivity index is 1.95. The first-order valence-electron chi connectivity index (χ1n) is 8.20. The van der Waals surface area contributed by atoms with Gasteiger partial charge in [-0.1, -0.05) is 13.8 Å². The first-order chi connectivity index (χ1) is 11.7. The number of carbonyl (C=O) groups excluding carboxylic acids is 3. The topological polar surface area (TPSA) is 122 Å². The number of esters is 1. The van der Waals surface area contributed by atoms with Crippen molar-refractivity contribution in [2.24, 2.45) is 11.0 Å². The molecule has 1 unspecified atom stereocenters. The maximum Gasteiger partial charge on any atom is 0.355 e. The number of nitrogens with one attached hydrogen (secondary N) is 1. The number of nitrogens with zero attached hydrogens (tertiary/aromatic N) is 2. The highest BCUT2D eigenvalue weighted by Gasteiger charge is 2.35. The molecule has 10 heteroatoms. The van der Waals surface area contributed by atoms with Crippen LogP contribution >= 0.6 is 0 Å². The molecule has 1 fully saturated rings. The Morgan fingerprint density at radius 1 is 1.36 bits per heavy atom. The fourth-order valence-corrected chi connectivity index (χ4v) is 4.51. The minimum Gasteiger partial charge on any atom is -0.451 e. The van der Waals surface area contributed by atoms with Gasteiger partial charge in [-0.15, -0.1) is 0 Å². The van der Waals surface area contributed by atoms with E-state index in [0.29, 0.717) is 13.0 Å². The van der Waals surface area contributed by atoms with Gasteiger partial charge < -0.3 is 9.64 Å². The zero-order valence-electron chi connectivity index (χ0n) is 14.4. The van der Waals surface area contributed by atoms with Crippen LogP contribution in [0, 0.1) is 5.92 Å². The zero-order valence-corrected chi connectivity index (χ0v) is 15.2. The van der Waals surface area contributed by atoms with E-state index < -0.39 is 28.3 Å². The van der Waals surface area contributed by atoms with Crippen molar-refractivity contribution in [1.29, 1.82) is 0 Å². The predicted molar refractivity (Wildman–Crippen MR) is 89.4 cm³/mol. The highest BCUT2D eigenvalue weighted by atomic mass is 32.2. The molecule has 2 rings (SSSR count). The molecular weight excluding hydrogens is 350 g/mol. The lowest BCUT2D eigenvalue weighted by molar-refractivity contribution is -0.148. The summed E-state index contributed by atoms with van der Waals surface area (Å²) in [5.74, 6) is -1.30. The van der Waals surface area contributed by atoms with Crippen molar-refractivity contribution in [3.63, 3.8) is 0 Å². The average Bonchev–Trinajstić information content (AvgIpc) is 2.90. The molecule has 0 aromatic rings. The van der Waals surface area contributed by atoms with Crippen LogP contribution in [0.5, 0.6) is 0 Å². The van der Waals surface area contributed by atoms with E-state index in [1.807, 2.05) is 13.8 Å². The SMILES string of the molecule is CC(C)CN(C(=O)COC(=O)C1=NNC(=O)CC1)C1CCS(=O)(=O)C1. The molecule has 0 radical (unpaired) electrons. The van der Waals surface area contributed by atoms with Crippen LogP contribution in [0.25, 0.3) is 0 Å². The van der Waals surface area contributed by atoms with Crippen LogP contribution in [0.1, 0.15) is 33.1 Å². The summed E-state index contributed by atoms with van der Waals surface area (Å²) >= 11 is 0. The quantitative estimate of drug-likeness (QED) is 0.625. The second kappa shape index (κ2) is 7.94. The summed E-state index contributed by atoms with van der Waals surface area (Å²) < 4.78 is 28.3. The van der Waals surface area contributed by atoms with Crippen molar-refractivity contribution in [3.8, 4) is 0 Å². The Morgan fingerprint density at radius 2 is 2.08 bits per heavy atom. The van der Waals surface area contributed by atoms with Gasteiger partial charge in [0.25, 0.3) is 5.91 Å². The van der Waals surface area contributed by atoms with Gasteiger partial charge in [0.1, 0.15) is 5.71 Å². The normalized spacial score (nSPS) is 22.3. The summed E-state index contributed by atoms with van der Waals surface area (Å²) in [5, 5.41) is 3.62. The highest BCUT2D eigenvalue weighted by molar-refractivity contribution is 7.91. The van der Waals surface area contributed by atoms with Crippen LogP contribution < -0.4 is 5.43 Å². The maximum atomic E-state index is 12.5. The van der Waals surface area contributed by atoms with Crippen molar-refractivity contribution in [2.75, 3.05) is 24.7 Å². The largest absolute Gasteiger partial charge is 0.451 e. The van der Waals surface area contributed by atoms with Gasteiger partial charge in [-0.25, -0.2) is 18.6 Å². The van der Waals surface area contributed by atoms with Gasteiger partial charge in [0.2, 0.25) is 5.91 Å². The van der Waals surface area contributed by atoms with Crippen molar-refractivity contribution < 1.29 is 27.5 Å². The molecule has 0 saturated carbocycles. The lowest BCUT2D eigenvalue weighted by atomic mass is 10.1. The molecule has 0 aliphatic carbocycles. The molecular formula is C15H23N3O6S. The number of ether oxygens (including phenoxy) is 1. The van der Waals surface area contributed by atoms with Gasteiger partial charge in [-0.3, -0.25) is 9.59 Å². The van der Waals surface area contributed by atoms with Crippen molar-refractivity contribution >= 4 is 33.3 Å². The lowest BCUT2D eigenvalue weighted by Gasteiger charge is -2.29. The molecule has 2 heterocycles. The zero-order chi connectivity index (χ0) is 18.6. The molecule has 2 aliphatic rings. The monoisotopic (exact) mass is 373 g/mol. The van der Waals surface area contributed by atoms with E-state index in [0.717, 1.165) is 0 Å². The molecule has 9 nitrogen and oxygen atoms in total. The minimum atomic E-state index is -3.12. The number of amides is 2. The fourth-order valence-electron chi connectivity index (χ4n) is 2.78. The van der Waals surface area contributed by atoms with Crippen LogP contribution in [0.2, 0.25) is 0 Å². The third-order valence-corrected chi connectivity index (χ3v) is 5.75. The summed E-state index contributed by atoms with van der Waals surface area (Å²) in [6, 6.07) is -0.384. The summed E-state index contributed by atoms with van der Waals surface area (Å²) in [7, 11) is -3.12. The van der Waals surface area contributed by atoms with Crippen LogP contribution in [-0.4, -0.2) is 67.5 Å². The fraction of sp³-hybridized carbons (Fsp3) is 0.733. The highest BCUT2D eigenvalue weighted by Crippen LogP contribution is 2.19. The van der Waals surface area contributed by atoms with E-state index >= 15 is 0 Å². The van der Waals surface area contributed by atoms with E-state index in [2.05, 4.69) is 10.5 Å². The summed E-state index contributed by atoms with van der Waals surface area (Å²) in [5.41, 5.74) is 2.25. The van der Waals surface area contributed by atoms with E-state index in [1.165, 1.54) is 4.90 Å². The second-order valence-corrected chi connectivity index (χ2v) is 8.90. The molecule has 0 bridgehead atoms. The molecule has 0 aromatic carbocycles. The number of carbonyl (C=O) groups is 3. The van der Waals surface area contributed by atoms with Gasteiger partial charge in [0.05, 0.1) is 11.5 Å². The smallest absolute Gasteiger partial charge is 0.355 e. The lowest BCUT2D eigenvalue weighted by Crippen LogP contribution is -2.45. The number of hydrazone groups is 1. The Hall–Kier alpha value is -1.97. The average molecular weight is 373 g/mol. The van der Waals surface area contributed by atoms with Gasteiger partial charge >= 0.3 is 5.97 Å². The molecule has 0 aromatic heterocycles. The Kier molecular flexibility index (Phi) is 6.15. The van der Waals surface area contributed by atoms with Crippen molar-refractivity contribution in [2.45, 2.75) is 39.2 Å². The third-order valence-electron chi connectivity index (χ3n) is 4.00. The molecule has 0 spiro atoms. The maximum absolute atomic E-state index is 12.5. The van der Waals surface area contributed by atoms with Gasteiger partial charge in [-0.2, -0.15) is 5.10 Å². The van der Waals surface area contributed by atoms with Gasteiger partial charge in [0.15, 0.2) is 16.4 Å². The standard InChI is InChI=1S/C15H23N3O6S/c1-10(2)7-18(11-5-6-25(22,23)9-11)14(20)8-24-15(21)12-3-4-13(19)17-16-12/h10-11H,3-9H2,1-2H3,(H,17,19). The number of hydrogen-bond acceptors (Lipinski definition) is 7. The second-order valence-electron chi connectivity index (χ2n) is 6.67. The van der Waals surface area contributed by atoms with E-state index in [9.17, 15) is 22.8 Å². The molecule has 1 atom stereocenters. The first-order valence-corrected chi connectivity index (χ1v) is 10.0. The molecule has 140 valence electrons. The van der Waals surface area contributed by atoms with E-state index in [1.54, 1.807) is 0 Å². The van der Waals surface area contributed by atoms with Crippen molar-refractivity contribution in [1.82, 2.24) is 10.3 Å². The van der Waals surface area contributed by atoms with Crippen LogP contribution in [0.15, 0.2) is 5.10 Å². The van der Waals surface area contributed by atoms with Crippen LogP contribution in [0.4, 0.5) is 0 Å². The molecule has 1 N–H and O–H groups in total. The Morgan fingerprint density at radius 3 is 2.60 bits per heavy atom.